The zero-order valence-corrected chi connectivity index (χ0v) is 13.7. The highest BCUT2D eigenvalue weighted by molar-refractivity contribution is 5.92. The molecule has 0 atom stereocenters. The first-order valence-corrected chi connectivity index (χ1v) is 7.74. The predicted molar refractivity (Wildman–Crippen MR) is 92.0 cm³/mol. The molecule has 0 spiro atoms. The van der Waals surface area contributed by atoms with Crippen molar-refractivity contribution in [3.63, 3.8) is 0 Å². The van der Waals surface area contributed by atoms with Crippen LogP contribution >= 0.6 is 0 Å². The number of methoxy groups -OCH3 is 1. The third kappa shape index (κ3) is 2.98. The van der Waals surface area contributed by atoms with Gasteiger partial charge in [-0.3, -0.25) is 0 Å². The summed E-state index contributed by atoms with van der Waals surface area (Å²) in [6.45, 7) is 2.48. The number of fused-ring (bicyclic) bond motifs is 1. The van der Waals surface area contributed by atoms with E-state index in [4.69, 9.17) is 19.6 Å². The quantitative estimate of drug-likeness (QED) is 0.723. The Kier molecular flexibility index (Phi) is 4.53. The maximum atomic E-state index is 11.7. The average molecular weight is 325 g/mol. The van der Waals surface area contributed by atoms with Crippen LogP contribution in [0.25, 0.3) is 22.1 Å². The molecule has 1 heterocycles. The molecule has 3 aromatic rings. The number of nitrogens with two attached hydrogens (primary N) is 1. The Balaban J connectivity index is 2.01. The van der Waals surface area contributed by atoms with Gasteiger partial charge >= 0.3 is 5.97 Å². The van der Waals surface area contributed by atoms with E-state index < -0.39 is 0 Å². The molecule has 0 saturated carbocycles. The van der Waals surface area contributed by atoms with E-state index in [2.05, 4.69) is 0 Å². The van der Waals surface area contributed by atoms with Gasteiger partial charge in [-0.05, 0) is 48.4 Å². The third-order valence-electron chi connectivity index (χ3n) is 3.78. The molecule has 3 rings (SSSR count). The van der Waals surface area contributed by atoms with E-state index in [1.807, 2.05) is 30.3 Å². The average Bonchev–Trinajstić information content (AvgIpc) is 3.04. The summed E-state index contributed by atoms with van der Waals surface area (Å²) in [4.78, 5) is 11.7. The number of hydrogen-bond acceptors (Lipinski definition) is 5. The van der Waals surface area contributed by atoms with E-state index in [0.717, 1.165) is 16.5 Å². The number of furan rings is 1. The van der Waals surface area contributed by atoms with Gasteiger partial charge in [0, 0.05) is 5.39 Å². The molecule has 5 heteroatoms. The topological polar surface area (TPSA) is 74.7 Å². The van der Waals surface area contributed by atoms with Crippen LogP contribution in [-0.4, -0.2) is 19.7 Å². The van der Waals surface area contributed by atoms with Crippen LogP contribution in [0.1, 0.15) is 23.0 Å². The Bertz CT molecular complexity index is 865. The summed E-state index contributed by atoms with van der Waals surface area (Å²) in [5.74, 6) is 1.04. The van der Waals surface area contributed by atoms with E-state index in [-0.39, 0.29) is 5.97 Å². The van der Waals surface area contributed by atoms with Gasteiger partial charge in [-0.15, -0.1) is 0 Å². The highest BCUT2D eigenvalue weighted by Crippen LogP contribution is 2.34. The van der Waals surface area contributed by atoms with Crippen molar-refractivity contribution in [2.75, 3.05) is 13.7 Å². The fraction of sp³-hybridized carbons (Fsp3) is 0.211. The van der Waals surface area contributed by atoms with Crippen LogP contribution in [0.2, 0.25) is 0 Å². The molecule has 0 radical (unpaired) electrons. The highest BCUT2D eigenvalue weighted by atomic mass is 16.5. The minimum atomic E-state index is -0.320. The molecule has 5 nitrogen and oxygen atoms in total. The lowest BCUT2D eigenvalue weighted by Crippen LogP contribution is -2.03. The van der Waals surface area contributed by atoms with Gasteiger partial charge in [0.1, 0.15) is 5.76 Å². The number of ether oxygens (including phenoxy) is 2. The lowest BCUT2D eigenvalue weighted by Gasteiger charge is -2.07. The molecule has 0 bridgehead atoms. The summed E-state index contributed by atoms with van der Waals surface area (Å²) in [7, 11) is 1.60. The Morgan fingerprint density at radius 3 is 2.50 bits per heavy atom. The Labute approximate surface area is 140 Å². The Morgan fingerprint density at radius 2 is 1.88 bits per heavy atom. The van der Waals surface area contributed by atoms with Crippen LogP contribution < -0.4 is 10.5 Å². The molecule has 124 valence electrons. The van der Waals surface area contributed by atoms with Crippen molar-refractivity contribution in [1.29, 1.82) is 0 Å². The molecule has 24 heavy (non-hydrogen) atoms. The summed E-state index contributed by atoms with van der Waals surface area (Å²) in [6.07, 6.45) is 0. The van der Waals surface area contributed by atoms with Crippen molar-refractivity contribution in [2.45, 2.75) is 13.5 Å². The fourth-order valence-corrected chi connectivity index (χ4v) is 2.61. The van der Waals surface area contributed by atoms with E-state index in [1.165, 1.54) is 0 Å². The first kappa shape index (κ1) is 16.1. The molecule has 0 aliphatic rings. The van der Waals surface area contributed by atoms with Gasteiger partial charge < -0.3 is 19.6 Å². The normalized spacial score (nSPS) is 10.8. The van der Waals surface area contributed by atoms with Gasteiger partial charge in [0.2, 0.25) is 0 Å². The summed E-state index contributed by atoms with van der Waals surface area (Å²) >= 11 is 0. The predicted octanol–water partition coefficient (Wildman–Crippen LogP) is 3.74. The Morgan fingerprint density at radius 1 is 1.12 bits per heavy atom. The number of carbonyl (C=O) groups excluding carboxylic acids is 1. The molecule has 0 saturated heterocycles. The monoisotopic (exact) mass is 325 g/mol. The van der Waals surface area contributed by atoms with Gasteiger partial charge in [0.25, 0.3) is 0 Å². The molecular weight excluding hydrogens is 306 g/mol. The molecule has 0 aliphatic carbocycles. The molecule has 0 amide bonds. The van der Waals surface area contributed by atoms with Crippen molar-refractivity contribution in [1.82, 2.24) is 0 Å². The smallest absolute Gasteiger partial charge is 0.338 e. The second kappa shape index (κ2) is 6.76. The molecule has 0 fully saturated rings. The van der Waals surface area contributed by atoms with Gasteiger partial charge in [0.15, 0.2) is 11.3 Å². The zero-order valence-electron chi connectivity index (χ0n) is 13.7. The van der Waals surface area contributed by atoms with E-state index in [9.17, 15) is 4.79 Å². The van der Waals surface area contributed by atoms with Crippen molar-refractivity contribution in [3.05, 3.63) is 53.8 Å². The van der Waals surface area contributed by atoms with Crippen molar-refractivity contribution in [2.24, 2.45) is 5.73 Å². The van der Waals surface area contributed by atoms with Crippen LogP contribution in [0.3, 0.4) is 0 Å². The summed E-state index contributed by atoms with van der Waals surface area (Å²) < 4.78 is 16.1. The largest absolute Gasteiger partial charge is 0.493 e. The van der Waals surface area contributed by atoms with Gasteiger partial charge in [-0.25, -0.2) is 4.79 Å². The van der Waals surface area contributed by atoms with Gasteiger partial charge in [-0.1, -0.05) is 12.1 Å². The van der Waals surface area contributed by atoms with Crippen molar-refractivity contribution in [3.8, 4) is 16.9 Å². The highest BCUT2D eigenvalue weighted by Gasteiger charge is 2.12. The van der Waals surface area contributed by atoms with Crippen molar-refractivity contribution < 1.29 is 18.7 Å². The lowest BCUT2D eigenvalue weighted by atomic mass is 10.0. The van der Waals surface area contributed by atoms with Crippen LogP contribution in [0.4, 0.5) is 0 Å². The van der Waals surface area contributed by atoms with Crippen LogP contribution in [-0.2, 0) is 11.3 Å². The zero-order chi connectivity index (χ0) is 17.1. The van der Waals surface area contributed by atoms with Crippen LogP contribution in [0.5, 0.6) is 5.75 Å². The van der Waals surface area contributed by atoms with E-state index in [0.29, 0.717) is 35.8 Å². The summed E-state index contributed by atoms with van der Waals surface area (Å²) in [6, 6.07) is 13.1. The third-order valence-corrected chi connectivity index (χ3v) is 3.78. The maximum Gasteiger partial charge on any atom is 0.338 e. The fourth-order valence-electron chi connectivity index (χ4n) is 2.61. The van der Waals surface area contributed by atoms with Crippen molar-refractivity contribution >= 4 is 16.9 Å². The minimum Gasteiger partial charge on any atom is -0.493 e. The molecule has 0 aliphatic heterocycles. The SMILES string of the molecule is CCOC(=O)c1ccc(-c2cc(OC)c3oc(CN)cc3c2)cc1. The van der Waals surface area contributed by atoms with E-state index in [1.54, 1.807) is 26.2 Å². The van der Waals surface area contributed by atoms with Gasteiger partial charge in [0.05, 0.1) is 25.8 Å². The summed E-state index contributed by atoms with van der Waals surface area (Å²) in [5, 5.41) is 0.930. The molecule has 1 aromatic heterocycles. The number of hydrogen-bond donors (Lipinski definition) is 1. The molecule has 2 aromatic carbocycles. The number of esters is 1. The Hall–Kier alpha value is -2.79. The van der Waals surface area contributed by atoms with Crippen LogP contribution in [0, 0.1) is 0 Å². The first-order valence-electron chi connectivity index (χ1n) is 7.74. The minimum absolute atomic E-state index is 0.320. The summed E-state index contributed by atoms with van der Waals surface area (Å²) in [5.41, 5.74) is 8.80. The second-order valence-corrected chi connectivity index (χ2v) is 5.31. The maximum absolute atomic E-state index is 11.7. The lowest BCUT2D eigenvalue weighted by molar-refractivity contribution is 0.0526. The first-order chi connectivity index (χ1) is 11.7. The van der Waals surface area contributed by atoms with E-state index >= 15 is 0 Å². The molecular formula is C19H19NO4. The molecule has 0 unspecified atom stereocenters. The number of benzene rings is 2. The number of carbonyl (C=O) groups is 1. The standard InChI is InChI=1S/C19H19NO4/c1-3-23-19(21)13-6-4-12(5-7-13)14-8-15-9-16(11-20)24-18(15)17(10-14)22-2/h4-10H,3,11,20H2,1-2H3. The van der Waals surface area contributed by atoms with Crippen LogP contribution in [0.15, 0.2) is 46.9 Å². The van der Waals surface area contributed by atoms with Gasteiger partial charge in [-0.2, -0.15) is 0 Å². The second-order valence-electron chi connectivity index (χ2n) is 5.31. The molecule has 2 N–H and O–H groups in total. The number of rotatable bonds is 5.